The molecule has 4 aromatic rings. The number of methoxy groups -OCH3 is 2. The van der Waals surface area contributed by atoms with Crippen LogP contribution in [0.25, 0.3) is 22.3 Å². The van der Waals surface area contributed by atoms with Crippen molar-refractivity contribution in [3.63, 3.8) is 0 Å². The SMILES string of the molecule is COc1cc(OC)c2cnc(-c3ccc(N4CCN(C(=O)c5ccc(F)cc5)CC4)cc3)nc2c1. The lowest BCUT2D eigenvalue weighted by Crippen LogP contribution is -2.48. The zero-order valence-electron chi connectivity index (χ0n) is 19.6. The summed E-state index contributed by atoms with van der Waals surface area (Å²) in [6, 6.07) is 17.5. The van der Waals surface area contributed by atoms with Crippen LogP contribution in [0.4, 0.5) is 10.1 Å². The Morgan fingerprint density at radius 2 is 1.63 bits per heavy atom. The third-order valence-electron chi connectivity index (χ3n) is 6.24. The molecule has 178 valence electrons. The number of ether oxygens (including phenoxy) is 2. The van der Waals surface area contributed by atoms with E-state index < -0.39 is 0 Å². The molecule has 7 nitrogen and oxygen atoms in total. The van der Waals surface area contributed by atoms with Gasteiger partial charge >= 0.3 is 0 Å². The van der Waals surface area contributed by atoms with E-state index in [9.17, 15) is 9.18 Å². The number of carbonyl (C=O) groups is 1. The predicted octanol–water partition coefficient (Wildman–Crippen LogP) is 4.42. The van der Waals surface area contributed by atoms with Gasteiger partial charge in [0.1, 0.15) is 17.3 Å². The molecule has 1 amide bonds. The second-order valence-corrected chi connectivity index (χ2v) is 8.29. The standard InChI is InChI=1S/C27H25FN4O3/c1-34-22-15-24-23(25(16-22)35-2)17-29-26(30-24)18-5-9-21(10-6-18)31-11-13-32(14-12-31)27(33)19-3-7-20(28)8-4-19/h3-10,15-17H,11-14H2,1-2H3. The van der Waals surface area contributed by atoms with Gasteiger partial charge < -0.3 is 19.3 Å². The number of nitrogens with zero attached hydrogens (tertiary/aromatic N) is 4. The number of hydrogen-bond acceptors (Lipinski definition) is 6. The summed E-state index contributed by atoms with van der Waals surface area (Å²) in [5.74, 6) is 1.55. The van der Waals surface area contributed by atoms with E-state index in [4.69, 9.17) is 14.5 Å². The van der Waals surface area contributed by atoms with Gasteiger partial charge in [-0.3, -0.25) is 4.79 Å². The Labute approximate surface area is 202 Å². The number of carbonyl (C=O) groups excluding carboxylic acids is 1. The van der Waals surface area contributed by atoms with Crippen molar-refractivity contribution in [2.24, 2.45) is 0 Å². The Morgan fingerprint density at radius 3 is 2.29 bits per heavy atom. The lowest BCUT2D eigenvalue weighted by molar-refractivity contribution is 0.0746. The zero-order chi connectivity index (χ0) is 24.4. The number of amides is 1. The third kappa shape index (κ3) is 4.59. The molecule has 1 saturated heterocycles. The minimum Gasteiger partial charge on any atom is -0.497 e. The lowest BCUT2D eigenvalue weighted by Gasteiger charge is -2.36. The van der Waals surface area contributed by atoms with Crippen LogP contribution in [-0.2, 0) is 0 Å². The number of aromatic nitrogens is 2. The second kappa shape index (κ2) is 9.58. The molecular weight excluding hydrogens is 447 g/mol. The molecule has 1 fully saturated rings. The number of piperazine rings is 1. The fraction of sp³-hybridized carbons (Fsp3) is 0.222. The van der Waals surface area contributed by atoms with E-state index in [0.717, 1.165) is 35.2 Å². The molecule has 0 unspecified atom stereocenters. The first-order valence-corrected chi connectivity index (χ1v) is 11.3. The van der Waals surface area contributed by atoms with E-state index in [1.807, 2.05) is 41.3 Å². The van der Waals surface area contributed by atoms with E-state index in [0.29, 0.717) is 36.0 Å². The first-order valence-electron chi connectivity index (χ1n) is 11.3. The van der Waals surface area contributed by atoms with E-state index in [1.165, 1.54) is 24.3 Å². The van der Waals surface area contributed by atoms with Crippen molar-refractivity contribution in [3.8, 4) is 22.9 Å². The van der Waals surface area contributed by atoms with Gasteiger partial charge in [-0.05, 0) is 48.5 Å². The molecule has 2 heterocycles. The van der Waals surface area contributed by atoms with Gasteiger partial charge in [-0.15, -0.1) is 0 Å². The summed E-state index contributed by atoms with van der Waals surface area (Å²) in [6.07, 6.45) is 1.77. The first kappa shape index (κ1) is 22.6. The molecule has 0 spiro atoms. The first-order chi connectivity index (χ1) is 17.1. The smallest absolute Gasteiger partial charge is 0.253 e. The Balaban J connectivity index is 1.28. The summed E-state index contributed by atoms with van der Waals surface area (Å²) in [5, 5.41) is 0.821. The van der Waals surface area contributed by atoms with Crippen LogP contribution in [0.1, 0.15) is 10.4 Å². The highest BCUT2D eigenvalue weighted by molar-refractivity contribution is 5.94. The highest BCUT2D eigenvalue weighted by Gasteiger charge is 2.22. The molecule has 1 aliphatic rings. The fourth-order valence-electron chi connectivity index (χ4n) is 4.27. The molecule has 0 aliphatic carbocycles. The summed E-state index contributed by atoms with van der Waals surface area (Å²) in [7, 11) is 3.22. The number of hydrogen-bond donors (Lipinski definition) is 0. The number of halogens is 1. The summed E-state index contributed by atoms with van der Waals surface area (Å²) in [4.78, 5) is 26.0. The average Bonchev–Trinajstić information content (AvgIpc) is 2.92. The quantitative estimate of drug-likeness (QED) is 0.429. The summed E-state index contributed by atoms with van der Waals surface area (Å²) in [5.41, 5.74) is 3.24. The Bertz CT molecular complexity index is 1350. The largest absolute Gasteiger partial charge is 0.497 e. The van der Waals surface area contributed by atoms with Crippen LogP contribution in [0.2, 0.25) is 0 Å². The van der Waals surface area contributed by atoms with E-state index in [2.05, 4.69) is 9.88 Å². The molecule has 0 N–H and O–H groups in total. The molecule has 1 aliphatic heterocycles. The van der Waals surface area contributed by atoms with Gasteiger partial charge in [0, 0.05) is 61.3 Å². The molecular formula is C27H25FN4O3. The Morgan fingerprint density at radius 1 is 0.914 bits per heavy atom. The highest BCUT2D eigenvalue weighted by Crippen LogP contribution is 2.31. The number of anilines is 1. The number of rotatable bonds is 5. The molecule has 0 radical (unpaired) electrons. The van der Waals surface area contributed by atoms with Crippen LogP contribution < -0.4 is 14.4 Å². The lowest BCUT2D eigenvalue weighted by atomic mass is 10.1. The van der Waals surface area contributed by atoms with Gasteiger partial charge in [0.2, 0.25) is 0 Å². The maximum Gasteiger partial charge on any atom is 0.253 e. The molecule has 8 heteroatoms. The van der Waals surface area contributed by atoms with Gasteiger partial charge in [0.15, 0.2) is 5.82 Å². The zero-order valence-corrected chi connectivity index (χ0v) is 19.6. The van der Waals surface area contributed by atoms with Crippen LogP contribution in [0.3, 0.4) is 0 Å². The minimum absolute atomic E-state index is 0.0679. The molecule has 1 aromatic heterocycles. The van der Waals surface area contributed by atoms with Crippen molar-refractivity contribution in [1.82, 2.24) is 14.9 Å². The van der Waals surface area contributed by atoms with Gasteiger partial charge in [0.25, 0.3) is 5.91 Å². The molecule has 3 aromatic carbocycles. The van der Waals surface area contributed by atoms with Crippen LogP contribution in [0.15, 0.2) is 66.9 Å². The summed E-state index contributed by atoms with van der Waals surface area (Å²) >= 11 is 0. The Kier molecular flexibility index (Phi) is 6.18. The van der Waals surface area contributed by atoms with Crippen LogP contribution in [-0.4, -0.2) is 61.2 Å². The maximum atomic E-state index is 13.1. The summed E-state index contributed by atoms with van der Waals surface area (Å²) < 4.78 is 24.0. The van der Waals surface area contributed by atoms with Gasteiger partial charge in [-0.2, -0.15) is 0 Å². The molecule has 0 atom stereocenters. The predicted molar refractivity (Wildman–Crippen MR) is 133 cm³/mol. The van der Waals surface area contributed by atoms with E-state index in [-0.39, 0.29) is 11.7 Å². The van der Waals surface area contributed by atoms with Gasteiger partial charge in [0.05, 0.1) is 25.1 Å². The van der Waals surface area contributed by atoms with Crippen molar-refractivity contribution < 1.29 is 18.7 Å². The van der Waals surface area contributed by atoms with Crippen molar-refractivity contribution in [2.45, 2.75) is 0 Å². The number of fused-ring (bicyclic) bond motifs is 1. The fourth-order valence-corrected chi connectivity index (χ4v) is 4.27. The van der Waals surface area contributed by atoms with Crippen LogP contribution in [0, 0.1) is 5.82 Å². The second-order valence-electron chi connectivity index (χ2n) is 8.29. The van der Waals surface area contributed by atoms with Gasteiger partial charge in [-0.1, -0.05) is 0 Å². The van der Waals surface area contributed by atoms with Crippen molar-refractivity contribution in [1.29, 1.82) is 0 Å². The van der Waals surface area contributed by atoms with E-state index >= 15 is 0 Å². The Hall–Kier alpha value is -4.20. The maximum absolute atomic E-state index is 13.1. The van der Waals surface area contributed by atoms with Crippen molar-refractivity contribution >= 4 is 22.5 Å². The van der Waals surface area contributed by atoms with Gasteiger partial charge in [-0.25, -0.2) is 14.4 Å². The third-order valence-corrected chi connectivity index (χ3v) is 6.24. The minimum atomic E-state index is -0.344. The van der Waals surface area contributed by atoms with Crippen LogP contribution in [0.5, 0.6) is 11.5 Å². The number of benzene rings is 3. The van der Waals surface area contributed by atoms with Crippen LogP contribution >= 0.6 is 0 Å². The van der Waals surface area contributed by atoms with Crippen molar-refractivity contribution in [2.75, 3.05) is 45.3 Å². The molecule has 0 saturated carbocycles. The summed E-state index contributed by atoms with van der Waals surface area (Å²) in [6.45, 7) is 2.65. The topological polar surface area (TPSA) is 67.8 Å². The molecule has 35 heavy (non-hydrogen) atoms. The molecule has 5 rings (SSSR count). The van der Waals surface area contributed by atoms with Crippen molar-refractivity contribution in [3.05, 3.63) is 78.2 Å². The average molecular weight is 473 g/mol. The van der Waals surface area contributed by atoms with E-state index in [1.54, 1.807) is 20.4 Å². The normalized spacial score (nSPS) is 13.7. The highest BCUT2D eigenvalue weighted by atomic mass is 19.1. The monoisotopic (exact) mass is 472 g/mol. The molecule has 0 bridgehead atoms.